The number of hydrogen-bond acceptors (Lipinski definition) is 2. The largest absolute Gasteiger partial charge is 0.456 e. The molecular formula is C52H33NO. The summed E-state index contributed by atoms with van der Waals surface area (Å²) in [5, 5.41) is 12.2. The Balaban J connectivity index is 1.14. The molecule has 0 amide bonds. The van der Waals surface area contributed by atoms with Gasteiger partial charge < -0.3 is 9.32 Å². The highest BCUT2D eigenvalue weighted by atomic mass is 16.3. The van der Waals surface area contributed by atoms with Gasteiger partial charge in [-0.05, 0) is 103 Å². The van der Waals surface area contributed by atoms with Crippen molar-refractivity contribution >= 4 is 82.1 Å². The van der Waals surface area contributed by atoms with E-state index in [1.54, 1.807) is 0 Å². The summed E-state index contributed by atoms with van der Waals surface area (Å²) < 4.78 is 6.37. The third kappa shape index (κ3) is 4.74. The fraction of sp³-hybridized carbons (Fsp3) is 0. The Morgan fingerprint density at radius 2 is 0.907 bits per heavy atom. The lowest BCUT2D eigenvalue weighted by Crippen LogP contribution is -2.10. The normalized spacial score (nSPS) is 11.7. The molecule has 2 heteroatoms. The number of fused-ring (bicyclic) bond motifs is 11. The standard InChI is InChI=1S/C52H33NO/c1-2-13-34(14-3-1)35-27-29-38(30-28-35)53(47-25-11-16-36-15-4-5-19-40(36)47)39-18-10-17-37(33-39)41-23-12-24-43-45-31-32-49-52(46-22-8-9-26-48(46)54-49)51(45)44-21-7-6-20-42(44)50(41)43/h1-33H. The zero-order valence-electron chi connectivity index (χ0n) is 29.4. The van der Waals surface area contributed by atoms with E-state index in [1.165, 1.54) is 70.7 Å². The molecule has 0 bridgehead atoms. The number of para-hydroxylation sites is 1. The number of anilines is 3. The van der Waals surface area contributed by atoms with E-state index in [0.29, 0.717) is 0 Å². The Morgan fingerprint density at radius 3 is 1.74 bits per heavy atom. The summed E-state index contributed by atoms with van der Waals surface area (Å²) >= 11 is 0. The fourth-order valence-electron chi connectivity index (χ4n) is 8.62. The summed E-state index contributed by atoms with van der Waals surface area (Å²) in [4.78, 5) is 2.40. The maximum absolute atomic E-state index is 6.37. The van der Waals surface area contributed by atoms with Gasteiger partial charge >= 0.3 is 0 Å². The van der Waals surface area contributed by atoms with E-state index in [4.69, 9.17) is 4.42 Å². The van der Waals surface area contributed by atoms with Crippen LogP contribution in [0.15, 0.2) is 205 Å². The van der Waals surface area contributed by atoms with Gasteiger partial charge in [-0.3, -0.25) is 0 Å². The van der Waals surface area contributed by atoms with E-state index in [9.17, 15) is 0 Å². The first-order valence-corrected chi connectivity index (χ1v) is 18.5. The summed E-state index contributed by atoms with van der Waals surface area (Å²) in [6.07, 6.45) is 0. The number of hydrogen-bond donors (Lipinski definition) is 0. The van der Waals surface area contributed by atoms with Gasteiger partial charge in [0.1, 0.15) is 11.2 Å². The summed E-state index contributed by atoms with van der Waals surface area (Å²) in [7, 11) is 0. The van der Waals surface area contributed by atoms with Crippen LogP contribution in [0, 0.1) is 0 Å². The first-order chi connectivity index (χ1) is 26.8. The highest BCUT2D eigenvalue weighted by Crippen LogP contribution is 2.46. The molecule has 0 saturated carbocycles. The van der Waals surface area contributed by atoms with Gasteiger partial charge in [0.2, 0.25) is 0 Å². The first-order valence-electron chi connectivity index (χ1n) is 18.5. The lowest BCUT2D eigenvalue weighted by atomic mass is 9.88. The van der Waals surface area contributed by atoms with Crippen LogP contribution in [0.3, 0.4) is 0 Å². The SMILES string of the molecule is c1ccc(-c2ccc(N(c3cccc(-c4cccc5c6ccc7oc8ccccc8c7c6c6ccccc6c45)c3)c3cccc4ccccc34)cc2)cc1. The van der Waals surface area contributed by atoms with E-state index in [-0.39, 0.29) is 0 Å². The molecule has 0 fully saturated rings. The minimum atomic E-state index is 0.917. The van der Waals surface area contributed by atoms with Crippen LogP contribution in [0.4, 0.5) is 17.1 Å². The molecule has 0 aliphatic heterocycles. The van der Waals surface area contributed by atoms with Gasteiger partial charge in [-0.1, -0.05) is 152 Å². The predicted molar refractivity (Wildman–Crippen MR) is 229 cm³/mol. The summed E-state index contributed by atoms with van der Waals surface area (Å²) in [6.45, 7) is 0. The Labute approximate surface area is 312 Å². The molecule has 1 aromatic heterocycles. The molecule has 0 radical (unpaired) electrons. The van der Waals surface area contributed by atoms with Crippen molar-refractivity contribution in [3.63, 3.8) is 0 Å². The summed E-state index contributed by atoms with van der Waals surface area (Å²) in [5.74, 6) is 0. The maximum Gasteiger partial charge on any atom is 0.136 e. The van der Waals surface area contributed by atoms with Crippen LogP contribution >= 0.6 is 0 Å². The minimum Gasteiger partial charge on any atom is -0.456 e. The Morgan fingerprint density at radius 1 is 0.315 bits per heavy atom. The molecule has 1 heterocycles. The lowest BCUT2D eigenvalue weighted by molar-refractivity contribution is 0.669. The molecule has 0 N–H and O–H groups in total. The second-order valence-corrected chi connectivity index (χ2v) is 14.0. The second kappa shape index (κ2) is 12.2. The van der Waals surface area contributed by atoms with Gasteiger partial charge in [0, 0.05) is 32.9 Å². The highest BCUT2D eigenvalue weighted by Gasteiger charge is 2.20. The van der Waals surface area contributed by atoms with Crippen LogP contribution in [-0.4, -0.2) is 0 Å². The van der Waals surface area contributed by atoms with Crippen molar-refractivity contribution in [3.8, 4) is 22.3 Å². The van der Waals surface area contributed by atoms with Crippen LogP contribution < -0.4 is 4.90 Å². The monoisotopic (exact) mass is 687 g/mol. The van der Waals surface area contributed by atoms with Gasteiger partial charge in [-0.2, -0.15) is 0 Å². The molecule has 0 saturated heterocycles. The number of rotatable bonds is 5. The maximum atomic E-state index is 6.37. The Bertz CT molecular complexity index is 3180. The molecule has 252 valence electrons. The van der Waals surface area contributed by atoms with Gasteiger partial charge in [0.25, 0.3) is 0 Å². The predicted octanol–water partition coefficient (Wildman–Crippen LogP) is 15.0. The van der Waals surface area contributed by atoms with E-state index in [1.807, 2.05) is 6.07 Å². The van der Waals surface area contributed by atoms with Crippen LogP contribution in [0.2, 0.25) is 0 Å². The molecular weight excluding hydrogens is 655 g/mol. The fourth-order valence-corrected chi connectivity index (χ4v) is 8.62. The van der Waals surface area contributed by atoms with Crippen molar-refractivity contribution in [2.24, 2.45) is 0 Å². The van der Waals surface area contributed by atoms with Crippen molar-refractivity contribution < 1.29 is 4.42 Å². The van der Waals surface area contributed by atoms with Crippen molar-refractivity contribution in [1.82, 2.24) is 0 Å². The molecule has 11 rings (SSSR count). The number of benzene rings is 10. The molecule has 11 aromatic rings. The zero-order valence-corrected chi connectivity index (χ0v) is 29.4. The molecule has 0 aliphatic rings. The van der Waals surface area contributed by atoms with Gasteiger partial charge in [-0.25, -0.2) is 0 Å². The number of nitrogens with zero attached hydrogens (tertiary/aromatic N) is 1. The molecule has 0 spiro atoms. The average Bonchev–Trinajstić information content (AvgIpc) is 3.63. The van der Waals surface area contributed by atoms with Crippen molar-refractivity contribution in [1.29, 1.82) is 0 Å². The second-order valence-electron chi connectivity index (χ2n) is 14.0. The van der Waals surface area contributed by atoms with Gasteiger partial charge in [-0.15, -0.1) is 0 Å². The molecule has 10 aromatic carbocycles. The molecule has 0 atom stereocenters. The average molecular weight is 688 g/mol. The molecule has 2 nitrogen and oxygen atoms in total. The summed E-state index contributed by atoms with van der Waals surface area (Å²) in [6, 6.07) is 72.2. The molecule has 54 heavy (non-hydrogen) atoms. The van der Waals surface area contributed by atoms with Crippen LogP contribution in [-0.2, 0) is 0 Å². The molecule has 0 aliphatic carbocycles. The van der Waals surface area contributed by atoms with Crippen LogP contribution in [0.25, 0.3) is 87.3 Å². The van der Waals surface area contributed by atoms with Crippen molar-refractivity contribution in [2.45, 2.75) is 0 Å². The quantitative estimate of drug-likeness (QED) is 0.168. The summed E-state index contributed by atoms with van der Waals surface area (Å²) in [5.41, 5.74) is 9.97. The third-order valence-electron chi connectivity index (χ3n) is 11.0. The van der Waals surface area contributed by atoms with E-state index in [0.717, 1.165) is 33.6 Å². The third-order valence-corrected chi connectivity index (χ3v) is 11.0. The van der Waals surface area contributed by atoms with E-state index >= 15 is 0 Å². The van der Waals surface area contributed by atoms with Crippen LogP contribution in [0.1, 0.15) is 0 Å². The lowest BCUT2D eigenvalue weighted by Gasteiger charge is -2.27. The Kier molecular flexibility index (Phi) is 6.90. The van der Waals surface area contributed by atoms with Crippen molar-refractivity contribution in [2.75, 3.05) is 4.90 Å². The van der Waals surface area contributed by atoms with Crippen molar-refractivity contribution in [3.05, 3.63) is 200 Å². The van der Waals surface area contributed by atoms with E-state index < -0.39 is 0 Å². The minimum absolute atomic E-state index is 0.917. The van der Waals surface area contributed by atoms with Gasteiger partial charge in [0.15, 0.2) is 0 Å². The molecule has 0 unspecified atom stereocenters. The number of furan rings is 1. The van der Waals surface area contributed by atoms with Gasteiger partial charge in [0.05, 0.1) is 5.69 Å². The van der Waals surface area contributed by atoms with Crippen LogP contribution in [0.5, 0.6) is 0 Å². The first kappa shape index (κ1) is 30.5. The zero-order chi connectivity index (χ0) is 35.6. The van der Waals surface area contributed by atoms with E-state index in [2.05, 4.69) is 199 Å². The smallest absolute Gasteiger partial charge is 0.136 e. The Hall–Kier alpha value is -7.16. The highest BCUT2D eigenvalue weighted by molar-refractivity contribution is 6.36. The topological polar surface area (TPSA) is 16.4 Å².